The van der Waals surface area contributed by atoms with Crippen molar-refractivity contribution in [2.45, 2.75) is 44.9 Å². The monoisotopic (exact) mass is 399 g/mol. The van der Waals surface area contributed by atoms with Gasteiger partial charge in [-0.3, -0.25) is 4.79 Å². The number of benzene rings is 1. The normalized spacial score (nSPS) is 20.8. The molecule has 1 fully saturated rings. The average molecular weight is 399 g/mol. The first kappa shape index (κ1) is 19.2. The molecule has 1 N–H and O–H groups in total. The molecule has 2 aliphatic heterocycles. The number of hydrogen-bond acceptors (Lipinski definition) is 8. The molecule has 1 amide bonds. The molecule has 9 nitrogen and oxygen atoms in total. The number of rotatable bonds is 5. The molecule has 2 atom stereocenters. The van der Waals surface area contributed by atoms with Gasteiger partial charge in [0.2, 0.25) is 12.1 Å². The molecule has 2 aromatic rings. The smallest absolute Gasteiger partial charge is 0.321 e. The molecule has 0 radical (unpaired) electrons. The van der Waals surface area contributed by atoms with Gasteiger partial charge in [0.1, 0.15) is 6.10 Å². The van der Waals surface area contributed by atoms with E-state index in [1.54, 1.807) is 13.0 Å². The zero-order valence-electron chi connectivity index (χ0n) is 16.6. The van der Waals surface area contributed by atoms with Crippen LogP contribution in [0.25, 0.3) is 0 Å². The summed E-state index contributed by atoms with van der Waals surface area (Å²) in [6.45, 7) is 3.76. The molecular weight excluding hydrogens is 374 g/mol. The van der Waals surface area contributed by atoms with Crippen molar-refractivity contribution < 1.29 is 19.0 Å². The van der Waals surface area contributed by atoms with Gasteiger partial charge in [0.15, 0.2) is 17.3 Å². The predicted molar refractivity (Wildman–Crippen MR) is 105 cm³/mol. The lowest BCUT2D eigenvalue weighted by Gasteiger charge is -2.31. The molecule has 2 aliphatic rings. The fourth-order valence-electron chi connectivity index (χ4n) is 3.47. The van der Waals surface area contributed by atoms with E-state index in [2.05, 4.69) is 25.2 Å². The van der Waals surface area contributed by atoms with Gasteiger partial charge in [-0.25, -0.2) is 0 Å². The maximum absolute atomic E-state index is 12.7. The first-order chi connectivity index (χ1) is 14.1. The van der Waals surface area contributed by atoms with Gasteiger partial charge in [0.05, 0.1) is 13.7 Å². The highest BCUT2D eigenvalue weighted by Crippen LogP contribution is 2.33. The molecule has 154 valence electrons. The number of hydrogen-bond donors (Lipinski definition) is 1. The van der Waals surface area contributed by atoms with Crippen LogP contribution in [0.4, 0.5) is 5.95 Å². The number of ether oxygens (including phenoxy) is 3. The highest BCUT2D eigenvalue weighted by molar-refractivity contribution is 5.82. The number of fused-ring (bicyclic) bond motifs is 1. The summed E-state index contributed by atoms with van der Waals surface area (Å²) < 4.78 is 16.9. The largest absolute Gasteiger partial charge is 0.482 e. The van der Waals surface area contributed by atoms with Crippen LogP contribution in [-0.4, -0.2) is 53.3 Å². The summed E-state index contributed by atoms with van der Waals surface area (Å²) in [4.78, 5) is 28.0. The highest BCUT2D eigenvalue weighted by Gasteiger charge is 2.34. The van der Waals surface area contributed by atoms with Gasteiger partial charge in [-0.2, -0.15) is 15.0 Å². The predicted octanol–water partition coefficient (Wildman–Crippen LogP) is 1.72. The van der Waals surface area contributed by atoms with Crippen LogP contribution in [0.5, 0.6) is 17.5 Å². The summed E-state index contributed by atoms with van der Waals surface area (Å²) in [5, 5.41) is 2.84. The molecule has 2 unspecified atom stereocenters. The third-order valence-corrected chi connectivity index (χ3v) is 4.99. The van der Waals surface area contributed by atoms with Crippen LogP contribution >= 0.6 is 0 Å². The van der Waals surface area contributed by atoms with Crippen molar-refractivity contribution in [1.29, 1.82) is 0 Å². The van der Waals surface area contributed by atoms with Crippen LogP contribution in [0.3, 0.4) is 0 Å². The number of aromatic nitrogens is 3. The van der Waals surface area contributed by atoms with Crippen LogP contribution < -0.4 is 24.4 Å². The maximum Gasteiger partial charge on any atom is 0.321 e. The Morgan fingerprint density at radius 1 is 1.14 bits per heavy atom. The van der Waals surface area contributed by atoms with Gasteiger partial charge in [-0.15, -0.1) is 0 Å². The Morgan fingerprint density at radius 3 is 2.59 bits per heavy atom. The van der Waals surface area contributed by atoms with Gasteiger partial charge in [-0.1, -0.05) is 12.1 Å². The summed E-state index contributed by atoms with van der Waals surface area (Å²) in [7, 11) is 1.52. The van der Waals surface area contributed by atoms with E-state index in [0.717, 1.165) is 25.9 Å². The first-order valence-corrected chi connectivity index (χ1v) is 9.88. The third kappa shape index (κ3) is 4.33. The van der Waals surface area contributed by atoms with E-state index < -0.39 is 12.2 Å². The minimum Gasteiger partial charge on any atom is -0.482 e. The third-order valence-electron chi connectivity index (χ3n) is 4.99. The molecule has 1 aromatic heterocycles. The quantitative estimate of drug-likeness (QED) is 0.811. The molecule has 0 saturated carbocycles. The molecule has 9 heteroatoms. The molecular formula is C20H25N5O4. The molecule has 4 rings (SSSR count). The fraction of sp³-hybridized carbons (Fsp3) is 0.500. The summed E-state index contributed by atoms with van der Waals surface area (Å²) in [5.74, 6) is 1.93. The molecule has 0 bridgehead atoms. The number of anilines is 1. The standard InChI is InChI=1S/C20H25N5O4/c1-13-17(29-15-9-5-4-8-14(15)28-13)18(26)21-12-16-22-19(24-20(23-16)27-2)25-10-6-3-7-11-25/h4-5,8-9,13,17H,3,6-7,10-12H2,1-2H3,(H,21,26). The summed E-state index contributed by atoms with van der Waals surface area (Å²) in [6.07, 6.45) is 2.26. The van der Waals surface area contributed by atoms with Gasteiger partial charge in [0.25, 0.3) is 5.91 Å². The van der Waals surface area contributed by atoms with E-state index >= 15 is 0 Å². The Morgan fingerprint density at radius 2 is 1.86 bits per heavy atom. The van der Waals surface area contributed by atoms with E-state index in [0.29, 0.717) is 23.3 Å². The van der Waals surface area contributed by atoms with Crippen molar-refractivity contribution in [3.8, 4) is 17.5 Å². The minimum absolute atomic E-state index is 0.146. The molecule has 1 aromatic carbocycles. The number of nitrogens with zero attached hydrogens (tertiary/aromatic N) is 4. The second kappa shape index (κ2) is 8.50. The second-order valence-corrected chi connectivity index (χ2v) is 7.11. The van der Waals surface area contributed by atoms with Crippen LogP contribution in [0.1, 0.15) is 32.0 Å². The Balaban J connectivity index is 1.43. The van der Waals surface area contributed by atoms with Crippen LogP contribution in [0, 0.1) is 0 Å². The van der Waals surface area contributed by atoms with E-state index in [1.807, 2.05) is 18.2 Å². The van der Waals surface area contributed by atoms with Gasteiger partial charge < -0.3 is 24.4 Å². The highest BCUT2D eigenvalue weighted by atomic mass is 16.6. The molecule has 0 aliphatic carbocycles. The lowest BCUT2D eigenvalue weighted by molar-refractivity contribution is -0.133. The number of para-hydroxylation sites is 2. The first-order valence-electron chi connectivity index (χ1n) is 9.88. The molecule has 3 heterocycles. The number of carbonyl (C=O) groups is 1. The van der Waals surface area contributed by atoms with E-state index in [1.165, 1.54) is 13.5 Å². The lowest BCUT2D eigenvalue weighted by Crippen LogP contribution is -2.48. The zero-order chi connectivity index (χ0) is 20.2. The SMILES string of the molecule is COc1nc(CNC(=O)C2Oc3ccccc3OC2C)nc(N2CCCCC2)n1. The van der Waals surface area contributed by atoms with E-state index in [9.17, 15) is 4.79 Å². The Kier molecular flexibility index (Phi) is 5.64. The van der Waals surface area contributed by atoms with E-state index in [-0.39, 0.29) is 18.5 Å². The zero-order valence-corrected chi connectivity index (χ0v) is 16.6. The molecule has 1 saturated heterocycles. The molecule has 29 heavy (non-hydrogen) atoms. The van der Waals surface area contributed by atoms with Crippen molar-refractivity contribution in [1.82, 2.24) is 20.3 Å². The van der Waals surface area contributed by atoms with Gasteiger partial charge >= 0.3 is 6.01 Å². The maximum atomic E-state index is 12.7. The summed E-state index contributed by atoms with van der Waals surface area (Å²) in [6, 6.07) is 7.54. The lowest BCUT2D eigenvalue weighted by atomic mass is 10.1. The number of carbonyl (C=O) groups excluding carboxylic acids is 1. The van der Waals surface area contributed by atoms with Crippen molar-refractivity contribution >= 4 is 11.9 Å². The number of methoxy groups -OCH3 is 1. The number of nitrogens with one attached hydrogen (secondary N) is 1. The Labute approximate surface area is 169 Å². The van der Waals surface area contributed by atoms with Crippen molar-refractivity contribution in [3.05, 3.63) is 30.1 Å². The van der Waals surface area contributed by atoms with Crippen LogP contribution in [0.2, 0.25) is 0 Å². The van der Waals surface area contributed by atoms with Gasteiger partial charge in [0, 0.05) is 13.1 Å². The Hall–Kier alpha value is -3.10. The average Bonchev–Trinajstić information content (AvgIpc) is 2.77. The van der Waals surface area contributed by atoms with Crippen molar-refractivity contribution in [3.63, 3.8) is 0 Å². The van der Waals surface area contributed by atoms with Gasteiger partial charge in [-0.05, 0) is 38.3 Å². The molecule has 0 spiro atoms. The fourth-order valence-corrected chi connectivity index (χ4v) is 3.47. The van der Waals surface area contributed by atoms with Crippen molar-refractivity contribution in [2.75, 3.05) is 25.1 Å². The minimum atomic E-state index is -0.754. The Bertz CT molecular complexity index is 872. The summed E-state index contributed by atoms with van der Waals surface area (Å²) >= 11 is 0. The van der Waals surface area contributed by atoms with Crippen LogP contribution in [-0.2, 0) is 11.3 Å². The van der Waals surface area contributed by atoms with Crippen LogP contribution in [0.15, 0.2) is 24.3 Å². The number of piperidine rings is 1. The second-order valence-electron chi connectivity index (χ2n) is 7.11. The summed E-state index contributed by atoms with van der Waals surface area (Å²) in [5.41, 5.74) is 0. The van der Waals surface area contributed by atoms with Crippen molar-refractivity contribution in [2.24, 2.45) is 0 Å². The number of amides is 1. The topological polar surface area (TPSA) is 98.7 Å². The van der Waals surface area contributed by atoms with E-state index in [4.69, 9.17) is 14.2 Å².